The van der Waals surface area contributed by atoms with E-state index in [0.717, 1.165) is 19.4 Å². The lowest BCUT2D eigenvalue weighted by Crippen LogP contribution is -2.50. The average Bonchev–Trinajstić information content (AvgIpc) is 2.73. The summed E-state index contributed by atoms with van der Waals surface area (Å²) in [5.41, 5.74) is 0. The Morgan fingerprint density at radius 2 is 2.11 bits per heavy atom. The summed E-state index contributed by atoms with van der Waals surface area (Å²) in [7, 11) is 0. The highest BCUT2D eigenvalue weighted by atomic mass is 16.3. The minimum Gasteiger partial charge on any atom is -0.396 e. The van der Waals surface area contributed by atoms with Crippen molar-refractivity contribution in [1.29, 1.82) is 0 Å². The number of nitrogens with one attached hydrogen (secondary N) is 1. The van der Waals surface area contributed by atoms with Crippen LogP contribution in [0.5, 0.6) is 0 Å². The van der Waals surface area contributed by atoms with Crippen LogP contribution in [-0.2, 0) is 9.59 Å². The molecule has 2 amide bonds. The lowest BCUT2D eigenvalue weighted by atomic mass is 10.0. The summed E-state index contributed by atoms with van der Waals surface area (Å²) in [6.45, 7) is 6.89. The molecule has 1 aliphatic rings. The number of carbonyl (C=O) groups is 2. The molecule has 0 spiro atoms. The van der Waals surface area contributed by atoms with Gasteiger partial charge in [-0.2, -0.15) is 0 Å². The van der Waals surface area contributed by atoms with Crippen LogP contribution in [0, 0.1) is 11.8 Å². The molecule has 0 aliphatic carbocycles. The molecule has 1 aliphatic heterocycles. The molecular formula is C13H24N2O3. The predicted octanol–water partition coefficient (Wildman–Crippen LogP) is 0.378. The van der Waals surface area contributed by atoms with Gasteiger partial charge in [0.15, 0.2) is 0 Å². The smallest absolute Gasteiger partial charge is 0.245 e. The van der Waals surface area contributed by atoms with Crippen molar-refractivity contribution in [2.75, 3.05) is 19.7 Å². The van der Waals surface area contributed by atoms with Crippen molar-refractivity contribution in [3.8, 4) is 0 Å². The lowest BCUT2D eigenvalue weighted by Gasteiger charge is -2.26. The van der Waals surface area contributed by atoms with E-state index in [1.807, 2.05) is 13.8 Å². The molecule has 1 heterocycles. The van der Waals surface area contributed by atoms with Gasteiger partial charge in [0, 0.05) is 26.6 Å². The molecule has 1 fully saturated rings. The third kappa shape index (κ3) is 3.98. The normalized spacial score (nSPS) is 21.2. The second kappa shape index (κ2) is 6.73. The Kier molecular flexibility index (Phi) is 5.59. The molecule has 5 nitrogen and oxygen atoms in total. The van der Waals surface area contributed by atoms with E-state index in [1.54, 1.807) is 4.90 Å². The van der Waals surface area contributed by atoms with Crippen molar-refractivity contribution in [2.24, 2.45) is 11.8 Å². The second-order valence-electron chi connectivity index (χ2n) is 5.37. The van der Waals surface area contributed by atoms with E-state index in [-0.39, 0.29) is 24.3 Å². The Morgan fingerprint density at radius 1 is 1.44 bits per heavy atom. The van der Waals surface area contributed by atoms with Gasteiger partial charge in [0.05, 0.1) is 0 Å². The molecule has 5 heteroatoms. The van der Waals surface area contributed by atoms with E-state index in [0.29, 0.717) is 12.5 Å². The third-order valence-corrected chi connectivity index (χ3v) is 3.43. The number of hydrogen-bond acceptors (Lipinski definition) is 3. The first-order chi connectivity index (χ1) is 8.45. The van der Waals surface area contributed by atoms with Gasteiger partial charge >= 0.3 is 0 Å². The van der Waals surface area contributed by atoms with Crippen LogP contribution in [0.1, 0.15) is 33.6 Å². The van der Waals surface area contributed by atoms with Gasteiger partial charge in [-0.1, -0.05) is 13.8 Å². The van der Waals surface area contributed by atoms with Crippen LogP contribution in [0.2, 0.25) is 0 Å². The maximum Gasteiger partial charge on any atom is 0.245 e. The Balaban J connectivity index is 2.59. The molecule has 18 heavy (non-hydrogen) atoms. The maximum absolute atomic E-state index is 12.3. The third-order valence-electron chi connectivity index (χ3n) is 3.43. The lowest BCUT2D eigenvalue weighted by molar-refractivity contribution is -0.136. The molecular weight excluding hydrogens is 232 g/mol. The monoisotopic (exact) mass is 256 g/mol. The van der Waals surface area contributed by atoms with Crippen LogP contribution >= 0.6 is 0 Å². The van der Waals surface area contributed by atoms with Crippen LogP contribution in [0.4, 0.5) is 0 Å². The first kappa shape index (κ1) is 15.0. The van der Waals surface area contributed by atoms with Gasteiger partial charge in [-0.3, -0.25) is 9.59 Å². The molecule has 104 valence electrons. The van der Waals surface area contributed by atoms with E-state index in [4.69, 9.17) is 5.11 Å². The van der Waals surface area contributed by atoms with Crippen molar-refractivity contribution in [3.63, 3.8) is 0 Å². The van der Waals surface area contributed by atoms with Gasteiger partial charge in [-0.05, 0) is 24.7 Å². The van der Waals surface area contributed by atoms with Crippen molar-refractivity contribution >= 4 is 11.8 Å². The Morgan fingerprint density at radius 3 is 2.61 bits per heavy atom. The van der Waals surface area contributed by atoms with Gasteiger partial charge in [-0.25, -0.2) is 0 Å². The predicted molar refractivity (Wildman–Crippen MR) is 68.8 cm³/mol. The minimum atomic E-state index is -0.435. The zero-order chi connectivity index (χ0) is 13.7. The quantitative estimate of drug-likeness (QED) is 0.747. The summed E-state index contributed by atoms with van der Waals surface area (Å²) in [5, 5.41) is 11.6. The number of hydrogen-bond donors (Lipinski definition) is 2. The van der Waals surface area contributed by atoms with Gasteiger partial charge in [0.25, 0.3) is 0 Å². The largest absolute Gasteiger partial charge is 0.396 e. The summed E-state index contributed by atoms with van der Waals surface area (Å²) in [5.74, 6) is 0.302. The van der Waals surface area contributed by atoms with Crippen LogP contribution in [0.25, 0.3) is 0 Å². The molecule has 0 bridgehead atoms. The fraction of sp³-hybridized carbons (Fsp3) is 0.846. The van der Waals surface area contributed by atoms with Crippen LogP contribution in [0.3, 0.4) is 0 Å². The molecule has 2 N–H and O–H groups in total. The molecule has 0 aromatic carbocycles. The summed E-state index contributed by atoms with van der Waals surface area (Å²) in [6, 6.07) is -0.435. The molecule has 1 rings (SSSR count). The molecule has 0 aromatic heterocycles. The molecule has 2 atom stereocenters. The SMILES string of the molecule is CC(=O)NC(C(=O)N1CCC(CCO)C1)C(C)C. The maximum atomic E-state index is 12.3. The highest BCUT2D eigenvalue weighted by molar-refractivity contribution is 5.87. The summed E-state index contributed by atoms with van der Waals surface area (Å²) in [4.78, 5) is 25.3. The highest BCUT2D eigenvalue weighted by Gasteiger charge is 2.32. The van der Waals surface area contributed by atoms with E-state index in [9.17, 15) is 9.59 Å². The fourth-order valence-corrected chi connectivity index (χ4v) is 2.38. The van der Waals surface area contributed by atoms with E-state index < -0.39 is 6.04 Å². The number of aliphatic hydroxyl groups excluding tert-OH is 1. The molecule has 0 radical (unpaired) electrons. The Labute approximate surface area is 109 Å². The summed E-state index contributed by atoms with van der Waals surface area (Å²) >= 11 is 0. The number of nitrogens with zero attached hydrogens (tertiary/aromatic N) is 1. The van der Waals surface area contributed by atoms with E-state index in [2.05, 4.69) is 5.32 Å². The highest BCUT2D eigenvalue weighted by Crippen LogP contribution is 2.21. The first-order valence-corrected chi connectivity index (χ1v) is 6.62. The fourth-order valence-electron chi connectivity index (χ4n) is 2.38. The topological polar surface area (TPSA) is 69.6 Å². The molecule has 0 aromatic rings. The van der Waals surface area contributed by atoms with E-state index in [1.165, 1.54) is 6.92 Å². The van der Waals surface area contributed by atoms with Gasteiger partial charge in [0.2, 0.25) is 11.8 Å². The number of carbonyl (C=O) groups excluding carboxylic acids is 2. The summed E-state index contributed by atoms with van der Waals surface area (Å²) < 4.78 is 0. The van der Waals surface area contributed by atoms with Crippen molar-refractivity contribution < 1.29 is 14.7 Å². The van der Waals surface area contributed by atoms with Crippen LogP contribution in [-0.4, -0.2) is 47.6 Å². The second-order valence-corrected chi connectivity index (χ2v) is 5.37. The van der Waals surface area contributed by atoms with Crippen LogP contribution < -0.4 is 5.32 Å². The summed E-state index contributed by atoms with van der Waals surface area (Å²) in [6.07, 6.45) is 1.69. The number of likely N-dealkylation sites (tertiary alicyclic amines) is 1. The Bertz CT molecular complexity index is 305. The van der Waals surface area contributed by atoms with E-state index >= 15 is 0 Å². The number of aliphatic hydroxyl groups is 1. The van der Waals surface area contributed by atoms with Crippen molar-refractivity contribution in [3.05, 3.63) is 0 Å². The number of rotatable bonds is 5. The zero-order valence-electron chi connectivity index (χ0n) is 11.5. The number of amides is 2. The van der Waals surface area contributed by atoms with Crippen molar-refractivity contribution in [2.45, 2.75) is 39.7 Å². The average molecular weight is 256 g/mol. The van der Waals surface area contributed by atoms with Crippen molar-refractivity contribution in [1.82, 2.24) is 10.2 Å². The minimum absolute atomic E-state index is 0.000592. The standard InChI is InChI=1S/C13H24N2O3/c1-9(2)12(14-10(3)17)13(18)15-6-4-11(8-15)5-7-16/h9,11-12,16H,4-8H2,1-3H3,(H,14,17). The van der Waals surface area contributed by atoms with Gasteiger partial charge in [-0.15, -0.1) is 0 Å². The molecule has 2 unspecified atom stereocenters. The molecule has 1 saturated heterocycles. The van der Waals surface area contributed by atoms with Gasteiger partial charge < -0.3 is 15.3 Å². The first-order valence-electron chi connectivity index (χ1n) is 6.62. The van der Waals surface area contributed by atoms with Crippen LogP contribution in [0.15, 0.2) is 0 Å². The Hall–Kier alpha value is -1.10. The molecule has 0 saturated carbocycles. The zero-order valence-corrected chi connectivity index (χ0v) is 11.5. The van der Waals surface area contributed by atoms with Gasteiger partial charge in [0.1, 0.15) is 6.04 Å².